The summed E-state index contributed by atoms with van der Waals surface area (Å²) in [7, 11) is 0. The van der Waals surface area contributed by atoms with E-state index < -0.39 is 0 Å². The summed E-state index contributed by atoms with van der Waals surface area (Å²) >= 11 is 11.5. The third kappa shape index (κ3) is 4.05. The Labute approximate surface area is 180 Å². The lowest BCUT2D eigenvalue weighted by Gasteiger charge is -2.20. The van der Waals surface area contributed by atoms with E-state index in [2.05, 4.69) is 29.9 Å². The van der Waals surface area contributed by atoms with E-state index in [9.17, 15) is 0 Å². The molecule has 0 amide bonds. The number of H-pyrrole nitrogens is 2. The van der Waals surface area contributed by atoms with Crippen LogP contribution in [0.15, 0.2) is 18.5 Å². The zero-order valence-electron chi connectivity index (χ0n) is 15.5. The fourth-order valence-corrected chi connectivity index (χ4v) is 3.57. The summed E-state index contributed by atoms with van der Waals surface area (Å²) in [4.78, 5) is 22.1. The number of aromatic amines is 2. The fraction of sp³-hybridized carbons (Fsp3) is 0.263. The van der Waals surface area contributed by atoms with Crippen LogP contribution in [0.25, 0.3) is 22.1 Å². The molecule has 0 aromatic carbocycles. The third-order valence-electron chi connectivity index (χ3n) is 4.53. The van der Waals surface area contributed by atoms with Crippen molar-refractivity contribution in [2.24, 2.45) is 0 Å². The maximum Gasteiger partial charge on any atom is 0.170 e. The molecule has 30 heavy (non-hydrogen) atoms. The molecule has 4 aromatic rings. The first-order chi connectivity index (χ1) is 14.6. The van der Waals surface area contributed by atoms with Crippen LogP contribution in [0.3, 0.4) is 0 Å². The highest BCUT2D eigenvalue weighted by Crippen LogP contribution is 2.28. The molecule has 1 fully saturated rings. The number of nitrogens with zero attached hydrogens (tertiary/aromatic N) is 6. The van der Waals surface area contributed by atoms with Crippen molar-refractivity contribution in [2.75, 3.05) is 6.61 Å². The van der Waals surface area contributed by atoms with Crippen molar-refractivity contribution >= 4 is 45.3 Å². The van der Waals surface area contributed by atoms with E-state index in [4.69, 9.17) is 38.5 Å². The second-order valence-corrected chi connectivity index (χ2v) is 7.26. The van der Waals surface area contributed by atoms with E-state index in [1.54, 1.807) is 12.1 Å². The monoisotopic (exact) mass is 440 g/mol. The molecule has 5 heterocycles. The van der Waals surface area contributed by atoms with Gasteiger partial charge in [0.1, 0.15) is 45.4 Å². The lowest BCUT2D eigenvalue weighted by atomic mass is 10.1. The van der Waals surface area contributed by atoms with E-state index in [1.807, 2.05) is 12.1 Å². The number of aromatic nitrogens is 6. The molecule has 0 radical (unpaired) electrons. The summed E-state index contributed by atoms with van der Waals surface area (Å²) in [5, 5.41) is 18.3. The first-order valence-electron chi connectivity index (χ1n) is 9.06. The van der Waals surface area contributed by atoms with Crippen LogP contribution in [-0.2, 0) is 4.74 Å². The Balaban J connectivity index is 0.000000158. The van der Waals surface area contributed by atoms with Crippen molar-refractivity contribution in [3.8, 4) is 12.1 Å². The number of pyridine rings is 2. The number of rotatable bonds is 1. The molecular weight excluding hydrogens is 427 g/mol. The zero-order chi connectivity index (χ0) is 21.1. The molecule has 0 aliphatic carbocycles. The highest BCUT2D eigenvalue weighted by molar-refractivity contribution is 6.30. The summed E-state index contributed by atoms with van der Waals surface area (Å²) in [5.41, 5.74) is 3.07. The van der Waals surface area contributed by atoms with Crippen LogP contribution in [0.2, 0.25) is 10.3 Å². The summed E-state index contributed by atoms with van der Waals surface area (Å²) < 4.78 is 5.67. The molecule has 150 valence electrons. The van der Waals surface area contributed by atoms with Crippen molar-refractivity contribution in [2.45, 2.75) is 25.4 Å². The second-order valence-electron chi connectivity index (χ2n) is 6.48. The summed E-state index contributed by atoms with van der Waals surface area (Å²) in [6, 6.07) is 7.23. The molecule has 0 spiro atoms. The van der Waals surface area contributed by atoms with Gasteiger partial charge in [-0.2, -0.15) is 10.5 Å². The van der Waals surface area contributed by atoms with Crippen molar-refractivity contribution in [3.63, 3.8) is 0 Å². The van der Waals surface area contributed by atoms with E-state index in [1.165, 1.54) is 6.33 Å². The lowest BCUT2D eigenvalue weighted by molar-refractivity contribution is 0.0101. The van der Waals surface area contributed by atoms with Crippen LogP contribution in [-0.4, -0.2) is 36.5 Å². The average Bonchev–Trinajstić information content (AvgIpc) is 3.40. The topological polar surface area (TPSA) is 140 Å². The molecule has 2 N–H and O–H groups in total. The van der Waals surface area contributed by atoms with Crippen LogP contribution in [0, 0.1) is 22.7 Å². The molecule has 4 aromatic heterocycles. The maximum atomic E-state index is 9.02. The molecule has 1 atom stereocenters. The van der Waals surface area contributed by atoms with Crippen molar-refractivity contribution < 1.29 is 4.74 Å². The van der Waals surface area contributed by atoms with Crippen molar-refractivity contribution in [1.29, 1.82) is 10.5 Å². The first-order valence-corrected chi connectivity index (χ1v) is 9.82. The Morgan fingerprint density at radius 2 is 1.67 bits per heavy atom. The number of hydrogen-bond acceptors (Lipinski definition) is 7. The smallest absolute Gasteiger partial charge is 0.170 e. The molecule has 5 rings (SSSR count). The molecular formula is C19H14Cl2N8O. The van der Waals surface area contributed by atoms with Gasteiger partial charge in [0.15, 0.2) is 11.4 Å². The van der Waals surface area contributed by atoms with Gasteiger partial charge in [-0.25, -0.2) is 19.9 Å². The number of ether oxygens (including phenoxy) is 1. The average molecular weight is 441 g/mol. The minimum Gasteiger partial charge on any atom is -0.370 e. The Bertz CT molecular complexity index is 1290. The van der Waals surface area contributed by atoms with E-state index in [0.717, 1.165) is 42.7 Å². The van der Waals surface area contributed by atoms with Gasteiger partial charge in [0.2, 0.25) is 0 Å². The molecule has 1 saturated heterocycles. The van der Waals surface area contributed by atoms with Crippen LogP contribution in [0.5, 0.6) is 0 Å². The van der Waals surface area contributed by atoms with Crippen LogP contribution in [0.4, 0.5) is 0 Å². The van der Waals surface area contributed by atoms with Gasteiger partial charge in [-0.3, -0.25) is 0 Å². The maximum absolute atomic E-state index is 9.02. The number of nitrogens with one attached hydrogen (secondary N) is 2. The Hall–Kier alpha value is -3.24. The van der Waals surface area contributed by atoms with Crippen molar-refractivity contribution in [3.05, 3.63) is 46.0 Å². The van der Waals surface area contributed by atoms with Gasteiger partial charge in [-0.1, -0.05) is 23.2 Å². The predicted molar refractivity (Wildman–Crippen MR) is 110 cm³/mol. The van der Waals surface area contributed by atoms with Gasteiger partial charge >= 0.3 is 0 Å². The van der Waals surface area contributed by atoms with Crippen LogP contribution in [0.1, 0.15) is 42.6 Å². The summed E-state index contributed by atoms with van der Waals surface area (Å²) in [6.07, 6.45) is 4.66. The number of halogens is 2. The highest BCUT2D eigenvalue weighted by Gasteiger charge is 2.21. The van der Waals surface area contributed by atoms with Crippen molar-refractivity contribution in [1.82, 2.24) is 29.9 Å². The fourth-order valence-electron chi connectivity index (χ4n) is 3.18. The molecule has 9 nitrogen and oxygen atoms in total. The molecule has 0 bridgehead atoms. The predicted octanol–water partition coefficient (Wildman–Crippen LogP) is 4.21. The van der Waals surface area contributed by atoms with Gasteiger partial charge in [0, 0.05) is 18.7 Å². The minimum atomic E-state index is -0.0172. The summed E-state index contributed by atoms with van der Waals surface area (Å²) in [6.45, 7) is 0.756. The second kappa shape index (κ2) is 8.64. The van der Waals surface area contributed by atoms with E-state index >= 15 is 0 Å². The standard InChI is InChI=1S/C12H11ClN4O.C7H3ClN4/c13-10-5-7-11(8(6-14)15-10)17-12(16-7)9-3-1-2-4-18-9;8-6-1-4-7(11-3-10-4)5(2-9)12-6/h5,9H,1-4H2,(H,16,17);1,3H,(H,10,11). The van der Waals surface area contributed by atoms with E-state index in [-0.39, 0.29) is 17.5 Å². The SMILES string of the molecule is N#Cc1nc(Cl)cc2[nH]c(C3CCCCO3)nc12.N#Cc1nc(Cl)cc2[nH]cnc12. The Morgan fingerprint density at radius 3 is 2.33 bits per heavy atom. The lowest BCUT2D eigenvalue weighted by Crippen LogP contribution is -2.12. The zero-order valence-corrected chi connectivity index (χ0v) is 17.0. The van der Waals surface area contributed by atoms with Gasteiger partial charge in [0.05, 0.1) is 17.4 Å². The third-order valence-corrected chi connectivity index (χ3v) is 4.92. The largest absolute Gasteiger partial charge is 0.370 e. The molecule has 11 heteroatoms. The van der Waals surface area contributed by atoms with Crippen LogP contribution < -0.4 is 0 Å². The molecule has 1 aliphatic rings. The van der Waals surface area contributed by atoms with Gasteiger partial charge in [-0.15, -0.1) is 0 Å². The van der Waals surface area contributed by atoms with Gasteiger partial charge in [-0.05, 0) is 19.3 Å². The highest BCUT2D eigenvalue weighted by atomic mass is 35.5. The number of nitriles is 2. The summed E-state index contributed by atoms with van der Waals surface area (Å²) in [5.74, 6) is 0.755. The van der Waals surface area contributed by atoms with Gasteiger partial charge in [0.25, 0.3) is 0 Å². The number of fused-ring (bicyclic) bond motifs is 2. The first kappa shape index (κ1) is 20.0. The minimum absolute atomic E-state index is 0.0172. The quantitative estimate of drug-likeness (QED) is 0.422. The van der Waals surface area contributed by atoms with Crippen LogP contribution >= 0.6 is 23.2 Å². The van der Waals surface area contributed by atoms with E-state index in [0.29, 0.717) is 21.3 Å². The molecule has 1 unspecified atom stereocenters. The van der Waals surface area contributed by atoms with Gasteiger partial charge < -0.3 is 14.7 Å². The normalized spacial score (nSPS) is 15.9. The number of imidazole rings is 2. The molecule has 0 saturated carbocycles. The Morgan fingerprint density at radius 1 is 0.967 bits per heavy atom. The number of hydrogen-bond donors (Lipinski definition) is 2. The Kier molecular flexibility index (Phi) is 5.77. The molecule has 1 aliphatic heterocycles.